The van der Waals surface area contributed by atoms with Gasteiger partial charge in [0, 0.05) is 25.3 Å². The molecule has 1 aromatic rings. The molecule has 102 valence electrons. The van der Waals surface area contributed by atoms with E-state index in [1.807, 2.05) is 29.2 Å². The van der Waals surface area contributed by atoms with Gasteiger partial charge in [-0.2, -0.15) is 0 Å². The number of hydrogen-bond acceptors (Lipinski definition) is 3. The maximum absolute atomic E-state index is 12.6. The number of para-hydroxylation sites is 1. The van der Waals surface area contributed by atoms with Gasteiger partial charge in [-0.15, -0.1) is 0 Å². The van der Waals surface area contributed by atoms with Crippen LogP contribution in [0.5, 0.6) is 0 Å². The largest absolute Gasteiger partial charge is 0.393 e. The Hall–Kier alpha value is -1.55. The molecule has 1 saturated heterocycles. The standard InChI is InChI=1S/C15H20N2O2/c18-11-6-9-17(10-7-11)15(19)13-5-8-16-14-4-2-1-3-12(13)14/h1-4,11,13,16,18H,5-10H2. The minimum Gasteiger partial charge on any atom is -0.393 e. The molecule has 4 heteroatoms. The first-order chi connectivity index (χ1) is 9.25. The summed E-state index contributed by atoms with van der Waals surface area (Å²) in [6, 6.07) is 8.07. The van der Waals surface area contributed by atoms with Crippen LogP contribution in [0.25, 0.3) is 0 Å². The van der Waals surface area contributed by atoms with E-state index in [1.165, 1.54) is 0 Å². The van der Waals surface area contributed by atoms with Gasteiger partial charge in [0.15, 0.2) is 0 Å². The molecular weight excluding hydrogens is 240 g/mol. The Morgan fingerprint density at radius 1 is 1.21 bits per heavy atom. The van der Waals surface area contributed by atoms with Crippen LogP contribution in [0.4, 0.5) is 5.69 Å². The van der Waals surface area contributed by atoms with E-state index in [2.05, 4.69) is 5.32 Å². The summed E-state index contributed by atoms with van der Waals surface area (Å²) in [6.07, 6.45) is 2.04. The summed E-state index contributed by atoms with van der Waals surface area (Å²) >= 11 is 0. The van der Waals surface area contributed by atoms with E-state index >= 15 is 0 Å². The summed E-state index contributed by atoms with van der Waals surface area (Å²) in [5.74, 6) is 0.202. The molecule has 2 aliphatic rings. The van der Waals surface area contributed by atoms with Crippen molar-refractivity contribution >= 4 is 11.6 Å². The molecule has 1 fully saturated rings. The highest BCUT2D eigenvalue weighted by atomic mass is 16.3. The third-order valence-corrected chi connectivity index (χ3v) is 4.16. The Morgan fingerprint density at radius 3 is 2.74 bits per heavy atom. The van der Waals surface area contributed by atoms with Crippen LogP contribution in [-0.4, -0.2) is 41.7 Å². The molecule has 2 aliphatic heterocycles. The first-order valence-electron chi connectivity index (χ1n) is 7.05. The smallest absolute Gasteiger partial charge is 0.230 e. The van der Waals surface area contributed by atoms with Crippen molar-refractivity contribution in [2.75, 3.05) is 25.0 Å². The van der Waals surface area contributed by atoms with Gasteiger partial charge in [0.05, 0.1) is 12.0 Å². The lowest BCUT2D eigenvalue weighted by Gasteiger charge is -2.34. The number of amides is 1. The highest BCUT2D eigenvalue weighted by molar-refractivity contribution is 5.86. The van der Waals surface area contributed by atoms with Crippen molar-refractivity contribution < 1.29 is 9.90 Å². The number of carbonyl (C=O) groups excluding carboxylic acids is 1. The zero-order chi connectivity index (χ0) is 13.2. The summed E-state index contributed by atoms with van der Waals surface area (Å²) in [7, 11) is 0. The maximum atomic E-state index is 12.6. The van der Waals surface area contributed by atoms with E-state index in [1.54, 1.807) is 0 Å². The van der Waals surface area contributed by atoms with Crippen molar-refractivity contribution in [2.24, 2.45) is 0 Å². The number of nitrogens with one attached hydrogen (secondary N) is 1. The number of aliphatic hydroxyl groups is 1. The molecule has 0 aliphatic carbocycles. The van der Waals surface area contributed by atoms with Crippen molar-refractivity contribution in [1.82, 2.24) is 4.90 Å². The van der Waals surface area contributed by atoms with Gasteiger partial charge in [0.25, 0.3) is 0 Å². The molecule has 1 amide bonds. The third kappa shape index (κ3) is 2.45. The predicted molar refractivity (Wildman–Crippen MR) is 74.1 cm³/mol. The second kappa shape index (κ2) is 5.21. The lowest BCUT2D eigenvalue weighted by Crippen LogP contribution is -2.43. The number of aliphatic hydroxyl groups excluding tert-OH is 1. The highest BCUT2D eigenvalue weighted by Crippen LogP contribution is 2.33. The van der Waals surface area contributed by atoms with Crippen molar-refractivity contribution in [3.63, 3.8) is 0 Å². The predicted octanol–water partition coefficient (Wildman–Crippen LogP) is 1.57. The second-order valence-corrected chi connectivity index (χ2v) is 5.41. The zero-order valence-electron chi connectivity index (χ0n) is 11.0. The van der Waals surface area contributed by atoms with Crippen LogP contribution in [0.3, 0.4) is 0 Å². The molecule has 0 radical (unpaired) electrons. The summed E-state index contributed by atoms with van der Waals surface area (Å²) in [5, 5.41) is 12.9. The van der Waals surface area contributed by atoms with Crippen molar-refractivity contribution in [2.45, 2.75) is 31.3 Å². The summed E-state index contributed by atoms with van der Waals surface area (Å²) in [6.45, 7) is 2.22. The Kier molecular flexibility index (Phi) is 3.42. The summed E-state index contributed by atoms with van der Waals surface area (Å²) in [4.78, 5) is 14.6. The summed E-state index contributed by atoms with van der Waals surface area (Å²) < 4.78 is 0. The van der Waals surface area contributed by atoms with Gasteiger partial charge in [0.1, 0.15) is 0 Å². The van der Waals surface area contributed by atoms with E-state index in [0.717, 1.165) is 24.2 Å². The average molecular weight is 260 g/mol. The van der Waals surface area contributed by atoms with Crippen LogP contribution < -0.4 is 5.32 Å². The van der Waals surface area contributed by atoms with E-state index in [9.17, 15) is 9.90 Å². The number of nitrogens with zero attached hydrogens (tertiary/aromatic N) is 1. The van der Waals surface area contributed by atoms with Gasteiger partial charge >= 0.3 is 0 Å². The Balaban J connectivity index is 1.78. The molecule has 1 aromatic carbocycles. The number of hydrogen-bond donors (Lipinski definition) is 2. The van der Waals surface area contributed by atoms with Crippen LogP contribution in [0.15, 0.2) is 24.3 Å². The van der Waals surface area contributed by atoms with Gasteiger partial charge in [-0.05, 0) is 30.9 Å². The third-order valence-electron chi connectivity index (χ3n) is 4.16. The minimum atomic E-state index is -0.232. The van der Waals surface area contributed by atoms with E-state index in [0.29, 0.717) is 25.9 Å². The first kappa shape index (κ1) is 12.5. The van der Waals surface area contributed by atoms with Crippen LogP contribution >= 0.6 is 0 Å². The molecule has 0 aromatic heterocycles. The van der Waals surface area contributed by atoms with Gasteiger partial charge in [-0.25, -0.2) is 0 Å². The fourth-order valence-corrected chi connectivity index (χ4v) is 3.03. The minimum absolute atomic E-state index is 0.0207. The molecule has 1 atom stereocenters. The van der Waals surface area contributed by atoms with Crippen LogP contribution in [0, 0.1) is 0 Å². The molecule has 4 nitrogen and oxygen atoms in total. The van der Waals surface area contributed by atoms with Crippen LogP contribution in [-0.2, 0) is 4.79 Å². The van der Waals surface area contributed by atoms with Crippen molar-refractivity contribution in [1.29, 1.82) is 0 Å². The number of anilines is 1. The fourth-order valence-electron chi connectivity index (χ4n) is 3.03. The molecule has 0 spiro atoms. The average Bonchev–Trinajstić information content (AvgIpc) is 2.47. The lowest BCUT2D eigenvalue weighted by atomic mass is 9.89. The Bertz CT molecular complexity index is 467. The highest BCUT2D eigenvalue weighted by Gasteiger charge is 2.31. The number of likely N-dealkylation sites (tertiary alicyclic amines) is 1. The van der Waals surface area contributed by atoms with Crippen molar-refractivity contribution in [3.05, 3.63) is 29.8 Å². The van der Waals surface area contributed by atoms with Crippen LogP contribution in [0.1, 0.15) is 30.7 Å². The maximum Gasteiger partial charge on any atom is 0.230 e. The molecule has 0 bridgehead atoms. The molecular formula is C15H20N2O2. The molecule has 2 heterocycles. The molecule has 2 N–H and O–H groups in total. The van der Waals surface area contributed by atoms with Crippen LogP contribution in [0.2, 0.25) is 0 Å². The Labute approximate surface area is 113 Å². The van der Waals surface area contributed by atoms with E-state index in [-0.39, 0.29) is 17.9 Å². The van der Waals surface area contributed by atoms with E-state index < -0.39 is 0 Å². The number of benzene rings is 1. The molecule has 3 rings (SSSR count). The normalized spacial score (nSPS) is 23.6. The molecule has 19 heavy (non-hydrogen) atoms. The van der Waals surface area contributed by atoms with Gasteiger partial charge in [-0.3, -0.25) is 4.79 Å². The quantitative estimate of drug-likeness (QED) is 0.806. The monoisotopic (exact) mass is 260 g/mol. The second-order valence-electron chi connectivity index (χ2n) is 5.41. The first-order valence-corrected chi connectivity index (χ1v) is 7.05. The number of rotatable bonds is 1. The number of fused-ring (bicyclic) bond motifs is 1. The van der Waals surface area contributed by atoms with Crippen molar-refractivity contribution in [3.8, 4) is 0 Å². The SMILES string of the molecule is O=C(C1CCNc2ccccc21)N1CCC(O)CC1. The molecule has 1 unspecified atom stereocenters. The van der Waals surface area contributed by atoms with Gasteiger partial charge in [-0.1, -0.05) is 18.2 Å². The fraction of sp³-hybridized carbons (Fsp3) is 0.533. The Morgan fingerprint density at radius 2 is 1.95 bits per heavy atom. The number of piperidine rings is 1. The topological polar surface area (TPSA) is 52.6 Å². The van der Waals surface area contributed by atoms with Gasteiger partial charge < -0.3 is 15.3 Å². The van der Waals surface area contributed by atoms with E-state index in [4.69, 9.17) is 0 Å². The summed E-state index contributed by atoms with van der Waals surface area (Å²) in [5.41, 5.74) is 2.20. The zero-order valence-corrected chi connectivity index (χ0v) is 11.0. The number of carbonyl (C=O) groups is 1. The molecule has 0 saturated carbocycles. The lowest BCUT2D eigenvalue weighted by molar-refractivity contribution is -0.135. The van der Waals surface area contributed by atoms with Gasteiger partial charge in [0.2, 0.25) is 5.91 Å².